The molecular weight excluding hydrogens is 357 g/mol. The molecule has 0 aliphatic carbocycles. The van der Waals surface area contributed by atoms with E-state index >= 15 is 0 Å². The number of hydrogen-bond acceptors (Lipinski definition) is 3. The molecule has 4 nitrogen and oxygen atoms in total. The molecule has 28 heavy (non-hydrogen) atoms. The van der Waals surface area contributed by atoms with Crippen LogP contribution in [0.2, 0.25) is 0 Å². The molecule has 0 saturated carbocycles. The van der Waals surface area contributed by atoms with E-state index in [-0.39, 0.29) is 24.1 Å². The molecule has 0 spiro atoms. The number of benzene rings is 3. The zero-order valence-electron chi connectivity index (χ0n) is 15.4. The number of carbonyl (C=O) groups excluding carboxylic acids is 2. The van der Waals surface area contributed by atoms with Crippen LogP contribution in [-0.2, 0) is 11.3 Å². The summed E-state index contributed by atoms with van der Waals surface area (Å²) in [5.74, 6) is -0.333. The summed E-state index contributed by atoms with van der Waals surface area (Å²) >= 11 is 0. The molecule has 0 aliphatic heterocycles. The van der Waals surface area contributed by atoms with Gasteiger partial charge in [-0.1, -0.05) is 24.3 Å². The highest BCUT2D eigenvalue weighted by atomic mass is 19.1. The van der Waals surface area contributed by atoms with Gasteiger partial charge in [0.1, 0.15) is 11.6 Å². The first-order valence-electron chi connectivity index (χ1n) is 8.87. The lowest BCUT2D eigenvalue weighted by Gasteiger charge is -2.09. The number of nitrogens with one attached hydrogen (secondary N) is 1. The van der Waals surface area contributed by atoms with Crippen LogP contribution in [0, 0.1) is 12.7 Å². The minimum Gasteiger partial charge on any atom is -0.484 e. The molecule has 142 valence electrons. The van der Waals surface area contributed by atoms with E-state index in [4.69, 9.17) is 4.74 Å². The Labute approximate surface area is 163 Å². The molecule has 0 saturated heterocycles. The van der Waals surface area contributed by atoms with Crippen molar-refractivity contribution in [1.82, 2.24) is 5.32 Å². The zero-order chi connectivity index (χ0) is 19.9. The van der Waals surface area contributed by atoms with E-state index in [9.17, 15) is 14.0 Å². The van der Waals surface area contributed by atoms with Crippen LogP contribution in [0.15, 0.2) is 72.8 Å². The first-order chi connectivity index (χ1) is 13.5. The summed E-state index contributed by atoms with van der Waals surface area (Å²) in [6.45, 7) is 2.32. The number of rotatable bonds is 7. The molecule has 0 unspecified atom stereocenters. The number of aryl methyl sites for hydroxylation is 1. The Bertz CT molecular complexity index is 966. The molecule has 1 N–H and O–H groups in total. The van der Waals surface area contributed by atoms with Gasteiger partial charge in [0.25, 0.3) is 5.91 Å². The quantitative estimate of drug-likeness (QED) is 0.632. The van der Waals surface area contributed by atoms with Crippen molar-refractivity contribution in [2.45, 2.75) is 13.5 Å². The molecule has 3 aromatic carbocycles. The third kappa shape index (κ3) is 5.04. The van der Waals surface area contributed by atoms with Gasteiger partial charge in [0, 0.05) is 17.7 Å². The largest absolute Gasteiger partial charge is 0.484 e. The van der Waals surface area contributed by atoms with Crippen LogP contribution < -0.4 is 10.1 Å². The van der Waals surface area contributed by atoms with E-state index in [2.05, 4.69) is 5.32 Å². The Balaban J connectivity index is 1.51. The Hall–Kier alpha value is -3.47. The topological polar surface area (TPSA) is 55.4 Å². The predicted molar refractivity (Wildman–Crippen MR) is 105 cm³/mol. The minimum absolute atomic E-state index is 0.114. The number of halogens is 1. The number of hydrogen-bond donors (Lipinski definition) is 1. The summed E-state index contributed by atoms with van der Waals surface area (Å²) in [5.41, 5.74) is 3.04. The second-order valence-corrected chi connectivity index (χ2v) is 6.35. The van der Waals surface area contributed by atoms with E-state index in [1.165, 1.54) is 24.3 Å². The molecule has 0 aliphatic rings. The van der Waals surface area contributed by atoms with Crippen LogP contribution in [0.4, 0.5) is 4.39 Å². The molecule has 1 amide bonds. The number of amides is 1. The van der Waals surface area contributed by atoms with Crippen LogP contribution >= 0.6 is 0 Å². The number of ketones is 1. The maximum absolute atomic E-state index is 13.0. The molecule has 0 bridgehead atoms. The van der Waals surface area contributed by atoms with Crippen LogP contribution in [0.1, 0.15) is 27.0 Å². The van der Waals surface area contributed by atoms with Crippen molar-refractivity contribution in [3.8, 4) is 5.75 Å². The van der Waals surface area contributed by atoms with E-state index in [1.54, 1.807) is 24.3 Å². The summed E-state index contributed by atoms with van der Waals surface area (Å²) < 4.78 is 18.4. The smallest absolute Gasteiger partial charge is 0.258 e. The van der Waals surface area contributed by atoms with Crippen LogP contribution in [0.25, 0.3) is 0 Å². The number of ether oxygens (including phenoxy) is 1. The first kappa shape index (κ1) is 19.3. The SMILES string of the molecule is Cc1ccccc1CNC(=O)COc1ccc(C(=O)c2ccc(F)cc2)cc1. The normalized spacial score (nSPS) is 10.4. The minimum atomic E-state index is -0.388. The van der Waals surface area contributed by atoms with Gasteiger partial charge in [-0.05, 0) is 66.6 Å². The maximum Gasteiger partial charge on any atom is 0.258 e. The van der Waals surface area contributed by atoms with Gasteiger partial charge < -0.3 is 10.1 Å². The molecular formula is C23H20FNO3. The Kier molecular flexibility index (Phi) is 6.17. The fourth-order valence-electron chi connectivity index (χ4n) is 2.67. The second kappa shape index (κ2) is 8.95. The molecule has 0 fully saturated rings. The van der Waals surface area contributed by atoms with Gasteiger partial charge in [-0.25, -0.2) is 4.39 Å². The van der Waals surface area contributed by atoms with E-state index < -0.39 is 0 Å². The van der Waals surface area contributed by atoms with Gasteiger partial charge in [0.15, 0.2) is 12.4 Å². The van der Waals surface area contributed by atoms with E-state index in [0.717, 1.165) is 11.1 Å². The van der Waals surface area contributed by atoms with Crippen molar-refractivity contribution in [1.29, 1.82) is 0 Å². The summed E-state index contributed by atoms with van der Waals surface area (Å²) in [4.78, 5) is 24.3. The van der Waals surface area contributed by atoms with Gasteiger partial charge in [-0.3, -0.25) is 9.59 Å². The van der Waals surface area contributed by atoms with E-state index in [1.807, 2.05) is 31.2 Å². The van der Waals surface area contributed by atoms with Crippen molar-refractivity contribution in [3.63, 3.8) is 0 Å². The second-order valence-electron chi connectivity index (χ2n) is 6.35. The zero-order valence-corrected chi connectivity index (χ0v) is 15.4. The van der Waals surface area contributed by atoms with Gasteiger partial charge >= 0.3 is 0 Å². The monoisotopic (exact) mass is 377 g/mol. The average molecular weight is 377 g/mol. The highest BCUT2D eigenvalue weighted by Crippen LogP contribution is 2.16. The highest BCUT2D eigenvalue weighted by Gasteiger charge is 2.10. The average Bonchev–Trinajstić information content (AvgIpc) is 2.72. The Morgan fingerprint density at radius 2 is 1.50 bits per heavy atom. The summed E-state index contributed by atoms with van der Waals surface area (Å²) in [7, 11) is 0. The van der Waals surface area contributed by atoms with Crippen molar-refractivity contribution in [3.05, 3.63) is 101 Å². The van der Waals surface area contributed by atoms with Gasteiger partial charge in [-0.15, -0.1) is 0 Å². The molecule has 0 heterocycles. The van der Waals surface area contributed by atoms with Crippen LogP contribution in [-0.4, -0.2) is 18.3 Å². The summed E-state index contributed by atoms with van der Waals surface area (Å²) in [5, 5.41) is 2.82. The van der Waals surface area contributed by atoms with Crippen LogP contribution in [0.5, 0.6) is 5.75 Å². The van der Waals surface area contributed by atoms with Gasteiger partial charge in [0.05, 0.1) is 0 Å². The molecule has 3 aromatic rings. The first-order valence-corrected chi connectivity index (χ1v) is 8.87. The van der Waals surface area contributed by atoms with Gasteiger partial charge in [0.2, 0.25) is 0 Å². The number of carbonyl (C=O) groups is 2. The fraction of sp³-hybridized carbons (Fsp3) is 0.130. The maximum atomic E-state index is 13.0. The summed E-state index contributed by atoms with van der Waals surface area (Å²) in [6.07, 6.45) is 0. The third-order valence-electron chi connectivity index (χ3n) is 4.33. The standard InChI is InChI=1S/C23H20FNO3/c1-16-4-2-3-5-19(16)14-25-22(26)15-28-21-12-8-18(9-13-21)23(27)17-6-10-20(24)11-7-17/h2-13H,14-15H2,1H3,(H,25,26). The fourth-order valence-corrected chi connectivity index (χ4v) is 2.67. The van der Waals surface area contributed by atoms with Crippen molar-refractivity contribution in [2.24, 2.45) is 0 Å². The lowest BCUT2D eigenvalue weighted by Crippen LogP contribution is -2.28. The summed E-state index contributed by atoms with van der Waals surface area (Å²) in [6, 6.07) is 19.7. The third-order valence-corrected chi connectivity index (χ3v) is 4.33. The molecule has 0 aromatic heterocycles. The van der Waals surface area contributed by atoms with Crippen molar-refractivity contribution >= 4 is 11.7 Å². The molecule has 0 atom stereocenters. The van der Waals surface area contributed by atoms with Crippen LogP contribution in [0.3, 0.4) is 0 Å². The lowest BCUT2D eigenvalue weighted by atomic mass is 10.0. The molecule has 5 heteroatoms. The Morgan fingerprint density at radius 3 is 2.14 bits per heavy atom. The predicted octanol–water partition coefficient (Wildman–Crippen LogP) is 4.06. The molecule has 3 rings (SSSR count). The van der Waals surface area contributed by atoms with Crippen molar-refractivity contribution in [2.75, 3.05) is 6.61 Å². The van der Waals surface area contributed by atoms with Gasteiger partial charge in [-0.2, -0.15) is 0 Å². The lowest BCUT2D eigenvalue weighted by molar-refractivity contribution is -0.123. The Morgan fingerprint density at radius 1 is 0.893 bits per heavy atom. The molecule has 0 radical (unpaired) electrons. The highest BCUT2D eigenvalue weighted by molar-refractivity contribution is 6.09. The van der Waals surface area contributed by atoms with Crippen molar-refractivity contribution < 1.29 is 18.7 Å². The van der Waals surface area contributed by atoms with E-state index in [0.29, 0.717) is 23.4 Å².